The third kappa shape index (κ3) is 11.6. The second-order valence-corrected chi connectivity index (χ2v) is 7.12. The van der Waals surface area contributed by atoms with Crippen LogP contribution < -0.4 is 10.1 Å². The molecule has 31 heavy (non-hydrogen) atoms. The number of halogens is 3. The molecule has 0 saturated carbocycles. The fraction of sp³-hybridized carbons (Fsp3) is 0.435. The van der Waals surface area contributed by atoms with Crippen molar-refractivity contribution in [1.82, 2.24) is 0 Å². The molecule has 1 aromatic rings. The minimum atomic E-state index is -4.50. The van der Waals surface area contributed by atoms with E-state index in [4.69, 9.17) is 5.14 Å². The van der Waals surface area contributed by atoms with Crippen LogP contribution in [0.25, 0.3) is 0 Å². The summed E-state index contributed by atoms with van der Waals surface area (Å²) in [6, 6.07) is 5.89. The molecular weight excluding hydrogens is 423 g/mol. The molecule has 2 atom stereocenters. The van der Waals surface area contributed by atoms with Crippen molar-refractivity contribution in [2.24, 2.45) is 10.2 Å². The third-order valence-electron chi connectivity index (χ3n) is 3.95. The Morgan fingerprint density at radius 2 is 1.77 bits per heavy atom. The van der Waals surface area contributed by atoms with Crippen molar-refractivity contribution in [3.8, 4) is 12.8 Å². The first-order chi connectivity index (χ1) is 14.6. The van der Waals surface area contributed by atoms with E-state index in [2.05, 4.69) is 17.9 Å². The SMILES string of the molecule is C#C.C/C=C(C)\C=C/CC(C)N(/N=C(\CC)C(F)(F)F)c1ccc(S(N)=O)cc1.CC. The summed E-state index contributed by atoms with van der Waals surface area (Å²) in [5.41, 5.74) is 0.689. The smallest absolute Gasteiger partial charge is 0.262 e. The van der Waals surface area contributed by atoms with Crippen molar-refractivity contribution in [3.05, 3.63) is 48.1 Å². The molecule has 0 heterocycles. The van der Waals surface area contributed by atoms with Crippen molar-refractivity contribution >= 4 is 22.4 Å². The molecule has 174 valence electrons. The number of allylic oxidation sites excluding steroid dienone is 3. The van der Waals surface area contributed by atoms with Crippen LogP contribution in [0.2, 0.25) is 0 Å². The van der Waals surface area contributed by atoms with Crippen LogP contribution >= 0.6 is 0 Å². The lowest BCUT2D eigenvalue weighted by Crippen LogP contribution is -2.33. The number of nitrogens with two attached hydrogens (primary N) is 1. The van der Waals surface area contributed by atoms with Gasteiger partial charge in [-0.3, -0.25) is 5.01 Å². The number of terminal acetylenes is 1. The summed E-state index contributed by atoms with van der Waals surface area (Å²) >= 11 is 0. The molecule has 8 heteroatoms. The van der Waals surface area contributed by atoms with E-state index in [0.717, 1.165) is 5.57 Å². The Balaban J connectivity index is 0. The first-order valence-corrected chi connectivity index (χ1v) is 11.1. The Labute approximate surface area is 187 Å². The molecule has 0 aliphatic heterocycles. The van der Waals surface area contributed by atoms with Crippen LogP contribution in [0.4, 0.5) is 18.9 Å². The standard InChI is InChI=1S/C19H26F3N3OS.C2H6.C2H2/c1-5-14(3)8-7-9-15(4)25(24-18(6-2)19(20,21)22)16-10-12-17(13-11-16)27(23)26;2*1-2/h5,7-8,10-13,15H,6,9,23H2,1-4H3;1-2H3;1-2H/b8-7-,14-5-,24-18+;;. The Hall–Kier alpha value is -2.37. The predicted octanol–water partition coefficient (Wildman–Crippen LogP) is 6.38. The number of hydrogen-bond acceptors (Lipinski definition) is 3. The van der Waals surface area contributed by atoms with Crippen LogP contribution in [0.15, 0.2) is 58.1 Å². The average molecular weight is 458 g/mol. The largest absolute Gasteiger partial charge is 0.431 e. The minimum Gasteiger partial charge on any atom is -0.262 e. The van der Waals surface area contributed by atoms with Gasteiger partial charge >= 0.3 is 6.18 Å². The molecule has 2 N–H and O–H groups in total. The number of alkyl halides is 3. The Kier molecular flexibility index (Phi) is 16.2. The predicted molar refractivity (Wildman–Crippen MR) is 127 cm³/mol. The quantitative estimate of drug-likeness (QED) is 0.213. The maximum absolute atomic E-state index is 13.2. The van der Waals surface area contributed by atoms with Crippen LogP contribution in [0, 0.1) is 12.8 Å². The normalized spacial score (nSPS) is 14.1. The van der Waals surface area contributed by atoms with Crippen molar-refractivity contribution in [1.29, 1.82) is 0 Å². The maximum Gasteiger partial charge on any atom is 0.431 e. The maximum atomic E-state index is 13.2. The van der Waals surface area contributed by atoms with Crippen molar-refractivity contribution < 1.29 is 17.4 Å². The fourth-order valence-corrected chi connectivity index (χ4v) is 2.65. The highest BCUT2D eigenvalue weighted by atomic mass is 32.2. The first kappa shape index (κ1) is 30.8. The van der Waals surface area contributed by atoms with Gasteiger partial charge in [0, 0.05) is 0 Å². The fourth-order valence-electron chi connectivity index (χ4n) is 2.25. The second-order valence-electron chi connectivity index (χ2n) is 6.05. The first-order valence-electron chi connectivity index (χ1n) is 9.93. The molecule has 0 aliphatic carbocycles. The number of benzene rings is 1. The molecule has 0 spiro atoms. The molecule has 4 nitrogen and oxygen atoms in total. The van der Waals surface area contributed by atoms with Gasteiger partial charge in [-0.25, -0.2) is 9.35 Å². The van der Waals surface area contributed by atoms with Gasteiger partial charge in [0.15, 0.2) is 0 Å². The Morgan fingerprint density at radius 1 is 1.26 bits per heavy atom. The van der Waals surface area contributed by atoms with Gasteiger partial charge in [-0.2, -0.15) is 18.3 Å². The lowest BCUT2D eigenvalue weighted by Gasteiger charge is -2.27. The summed E-state index contributed by atoms with van der Waals surface area (Å²) in [6.07, 6.45) is 9.55. The van der Waals surface area contributed by atoms with Gasteiger partial charge in [0.05, 0.1) is 16.6 Å². The number of rotatable bonds is 8. The lowest BCUT2D eigenvalue weighted by molar-refractivity contribution is -0.0605. The number of hydrazone groups is 1. The Bertz CT molecular complexity index is 767. The second kappa shape index (κ2) is 16.3. The molecule has 0 fully saturated rings. The summed E-state index contributed by atoms with van der Waals surface area (Å²) in [7, 11) is -1.65. The van der Waals surface area contributed by atoms with E-state index < -0.39 is 22.9 Å². The van der Waals surface area contributed by atoms with Gasteiger partial charge in [-0.05, 0) is 57.9 Å². The molecule has 0 aromatic heterocycles. The highest BCUT2D eigenvalue weighted by Gasteiger charge is 2.35. The molecule has 1 rings (SSSR count). The third-order valence-corrected chi connectivity index (χ3v) is 4.69. The van der Waals surface area contributed by atoms with Crippen LogP contribution in [-0.2, 0) is 11.0 Å². The highest BCUT2D eigenvalue weighted by molar-refractivity contribution is 7.82. The van der Waals surface area contributed by atoms with Gasteiger partial charge in [0.1, 0.15) is 16.7 Å². The van der Waals surface area contributed by atoms with E-state index in [1.807, 2.05) is 45.9 Å². The Morgan fingerprint density at radius 3 is 2.16 bits per heavy atom. The summed E-state index contributed by atoms with van der Waals surface area (Å²) in [5.74, 6) is 0. The summed E-state index contributed by atoms with van der Waals surface area (Å²) in [5, 5.41) is 10.6. The average Bonchev–Trinajstić information content (AvgIpc) is 2.76. The molecule has 0 amide bonds. The molecule has 0 radical (unpaired) electrons. The summed E-state index contributed by atoms with van der Waals surface area (Å²) < 4.78 is 50.9. The van der Waals surface area contributed by atoms with Gasteiger partial charge in [-0.1, -0.05) is 44.6 Å². The zero-order valence-electron chi connectivity index (χ0n) is 19.1. The van der Waals surface area contributed by atoms with Gasteiger partial charge < -0.3 is 0 Å². The highest BCUT2D eigenvalue weighted by Crippen LogP contribution is 2.25. The molecule has 2 unspecified atom stereocenters. The van der Waals surface area contributed by atoms with Crippen molar-refractivity contribution in [2.45, 2.75) is 71.5 Å². The van der Waals surface area contributed by atoms with Gasteiger partial charge in [-0.15, -0.1) is 12.8 Å². The number of anilines is 1. The minimum absolute atomic E-state index is 0.231. The van der Waals surface area contributed by atoms with Crippen LogP contribution in [0.5, 0.6) is 0 Å². The molecule has 0 bridgehead atoms. The topological polar surface area (TPSA) is 58.7 Å². The van der Waals surface area contributed by atoms with Gasteiger partial charge in [0.2, 0.25) is 0 Å². The number of nitrogens with zero attached hydrogens (tertiary/aromatic N) is 2. The van der Waals surface area contributed by atoms with E-state index in [-0.39, 0.29) is 12.5 Å². The zero-order chi connectivity index (χ0) is 24.6. The molecule has 0 saturated heterocycles. The summed E-state index contributed by atoms with van der Waals surface area (Å²) in [4.78, 5) is 0.394. The van der Waals surface area contributed by atoms with E-state index >= 15 is 0 Å². The van der Waals surface area contributed by atoms with Crippen LogP contribution in [0.3, 0.4) is 0 Å². The van der Waals surface area contributed by atoms with Crippen molar-refractivity contribution in [2.75, 3.05) is 5.01 Å². The zero-order valence-corrected chi connectivity index (χ0v) is 19.9. The van der Waals surface area contributed by atoms with E-state index in [0.29, 0.717) is 17.0 Å². The number of hydrogen-bond donors (Lipinski definition) is 1. The van der Waals surface area contributed by atoms with E-state index in [1.165, 1.54) is 24.1 Å². The molecule has 1 aromatic carbocycles. The summed E-state index contributed by atoms with van der Waals surface area (Å²) in [6.45, 7) is 11.1. The molecule has 0 aliphatic rings. The van der Waals surface area contributed by atoms with E-state index in [1.54, 1.807) is 19.1 Å². The van der Waals surface area contributed by atoms with Crippen LogP contribution in [0.1, 0.15) is 54.4 Å². The van der Waals surface area contributed by atoms with Gasteiger partial charge in [0.25, 0.3) is 0 Å². The van der Waals surface area contributed by atoms with Crippen molar-refractivity contribution in [3.63, 3.8) is 0 Å². The lowest BCUT2D eigenvalue weighted by atomic mass is 10.1. The monoisotopic (exact) mass is 457 g/mol. The van der Waals surface area contributed by atoms with E-state index in [9.17, 15) is 17.4 Å². The van der Waals surface area contributed by atoms with Crippen LogP contribution in [-0.4, -0.2) is 22.1 Å². The molecular formula is C23H34F3N3OS.